The number of nitrogens with zero attached hydrogens (tertiary/aromatic N) is 1. The topological polar surface area (TPSA) is 72.9 Å². The van der Waals surface area contributed by atoms with Crippen LogP contribution in [0.4, 0.5) is 13.2 Å². The van der Waals surface area contributed by atoms with Gasteiger partial charge in [0.15, 0.2) is 0 Å². The van der Waals surface area contributed by atoms with Crippen LogP contribution in [0.15, 0.2) is 0 Å². The molecule has 94 valence electrons. The van der Waals surface area contributed by atoms with Gasteiger partial charge in [-0.3, -0.25) is 4.79 Å². The first-order valence-corrected chi connectivity index (χ1v) is 5.54. The van der Waals surface area contributed by atoms with Crippen LogP contribution in [0.3, 0.4) is 0 Å². The maximum absolute atomic E-state index is 11.9. The van der Waals surface area contributed by atoms with Crippen LogP contribution in [-0.4, -0.2) is 38.2 Å². The van der Waals surface area contributed by atoms with Crippen molar-refractivity contribution >= 4 is 16.0 Å². The molecule has 1 aliphatic heterocycles. The molecule has 6 nitrogen and oxygen atoms in total. The second kappa shape index (κ2) is 4.55. The second-order valence-electron chi connectivity index (χ2n) is 2.89. The maximum Gasteiger partial charge on any atom is 0.525 e. The molecule has 0 bridgehead atoms. The highest BCUT2D eigenvalue weighted by atomic mass is 32.2. The lowest BCUT2D eigenvalue weighted by Gasteiger charge is -2.18. The minimum Gasteiger partial charge on any atom is -0.359 e. The molecule has 0 aliphatic carbocycles. The lowest BCUT2D eigenvalue weighted by Crippen LogP contribution is -2.38. The molecule has 0 aromatic carbocycles. The van der Waals surface area contributed by atoms with E-state index in [1.165, 1.54) is 0 Å². The van der Waals surface area contributed by atoms with Crippen molar-refractivity contribution in [1.29, 1.82) is 0 Å². The Labute approximate surface area is 89.0 Å². The van der Waals surface area contributed by atoms with Crippen LogP contribution >= 0.6 is 0 Å². The molecule has 0 atom stereocenters. The zero-order chi connectivity index (χ0) is 12.4. The average molecular weight is 263 g/mol. The third-order valence-electron chi connectivity index (χ3n) is 1.64. The van der Waals surface area contributed by atoms with E-state index in [1.54, 1.807) is 0 Å². The zero-order valence-corrected chi connectivity index (χ0v) is 8.68. The largest absolute Gasteiger partial charge is 0.525 e. The molecule has 0 aromatic rings. The number of rotatable bonds is 2. The molecule has 16 heavy (non-hydrogen) atoms. The molecule has 0 N–H and O–H groups in total. The molecule has 0 saturated carbocycles. The lowest BCUT2D eigenvalue weighted by molar-refractivity contribution is -0.174. The first-order chi connectivity index (χ1) is 7.24. The summed E-state index contributed by atoms with van der Waals surface area (Å²) in [7, 11) is -5.82. The average Bonchev–Trinajstić information content (AvgIpc) is 2.30. The molecule has 1 heterocycles. The summed E-state index contributed by atoms with van der Waals surface area (Å²) in [6.45, 7) is -0.494. The first kappa shape index (κ1) is 13.2. The predicted molar refractivity (Wildman–Crippen MR) is 43.0 cm³/mol. The van der Waals surface area contributed by atoms with Crippen molar-refractivity contribution < 1.29 is 35.4 Å². The standard InChI is InChI=1S/C6H8F3NO5S/c7-6(8,9)16(12,13)15-10-4-14-3-1-2-5(10)11/h1-4H2. The van der Waals surface area contributed by atoms with E-state index in [2.05, 4.69) is 9.02 Å². The van der Waals surface area contributed by atoms with Crippen LogP contribution in [0.2, 0.25) is 0 Å². The Hall–Kier alpha value is -0.870. The molecule has 0 aromatic heterocycles. The van der Waals surface area contributed by atoms with Gasteiger partial charge in [-0.1, -0.05) is 0 Å². The highest BCUT2D eigenvalue weighted by Gasteiger charge is 2.49. The van der Waals surface area contributed by atoms with E-state index in [-0.39, 0.29) is 18.1 Å². The Morgan fingerprint density at radius 2 is 2.00 bits per heavy atom. The van der Waals surface area contributed by atoms with E-state index in [9.17, 15) is 26.4 Å². The molecule has 10 heteroatoms. The third kappa shape index (κ3) is 3.06. The number of hydrogen-bond acceptors (Lipinski definition) is 5. The summed E-state index contributed by atoms with van der Waals surface area (Å²) in [6.07, 6.45) is 0.165. The van der Waals surface area contributed by atoms with Crippen LogP contribution in [0.25, 0.3) is 0 Å². The van der Waals surface area contributed by atoms with E-state index in [1.807, 2.05) is 0 Å². The van der Waals surface area contributed by atoms with Gasteiger partial charge in [0.25, 0.3) is 0 Å². The van der Waals surface area contributed by atoms with Gasteiger partial charge in [0.05, 0.1) is 0 Å². The van der Waals surface area contributed by atoms with Crippen molar-refractivity contribution in [2.45, 2.75) is 18.3 Å². The van der Waals surface area contributed by atoms with Gasteiger partial charge in [0.1, 0.15) is 6.73 Å². The minimum atomic E-state index is -5.82. The summed E-state index contributed by atoms with van der Waals surface area (Å²) in [5, 5.41) is 0.0514. The molecule has 1 aliphatic rings. The van der Waals surface area contributed by atoms with Crippen LogP contribution in [0.1, 0.15) is 12.8 Å². The summed E-state index contributed by atoms with van der Waals surface area (Å²) >= 11 is 0. The van der Waals surface area contributed by atoms with Gasteiger partial charge in [-0.25, -0.2) is 0 Å². The van der Waals surface area contributed by atoms with Gasteiger partial charge < -0.3 is 4.74 Å². The Morgan fingerprint density at radius 3 is 2.56 bits per heavy atom. The van der Waals surface area contributed by atoms with Crippen molar-refractivity contribution in [3.8, 4) is 0 Å². The SMILES string of the molecule is O=C1CCCOCN1OS(=O)(=O)C(F)(F)F. The number of carbonyl (C=O) groups is 1. The van der Waals surface area contributed by atoms with Gasteiger partial charge in [0.2, 0.25) is 5.91 Å². The third-order valence-corrected chi connectivity index (χ3v) is 2.58. The molecule has 1 rings (SSSR count). The Balaban J connectivity index is 2.76. The van der Waals surface area contributed by atoms with E-state index < -0.39 is 28.3 Å². The number of carbonyl (C=O) groups excluding carboxylic acids is 1. The molecule has 1 fully saturated rings. The predicted octanol–water partition coefficient (Wildman–Crippen LogP) is 0.364. The fourth-order valence-electron chi connectivity index (χ4n) is 0.893. The number of amides is 1. The zero-order valence-electron chi connectivity index (χ0n) is 7.86. The van der Waals surface area contributed by atoms with Crippen LogP contribution < -0.4 is 0 Å². The minimum absolute atomic E-state index is 0.0514. The van der Waals surface area contributed by atoms with Gasteiger partial charge in [-0.05, 0) is 6.42 Å². The van der Waals surface area contributed by atoms with E-state index >= 15 is 0 Å². The van der Waals surface area contributed by atoms with Crippen LogP contribution in [0.5, 0.6) is 0 Å². The Morgan fingerprint density at radius 1 is 1.38 bits per heavy atom. The van der Waals surface area contributed by atoms with Crippen molar-refractivity contribution in [2.75, 3.05) is 13.3 Å². The maximum atomic E-state index is 11.9. The van der Waals surface area contributed by atoms with Crippen LogP contribution in [-0.2, 0) is 23.9 Å². The van der Waals surface area contributed by atoms with Crippen molar-refractivity contribution in [3.63, 3.8) is 0 Å². The lowest BCUT2D eigenvalue weighted by atomic mass is 10.3. The molecule has 1 amide bonds. The normalized spacial score (nSPS) is 19.7. The highest BCUT2D eigenvalue weighted by molar-refractivity contribution is 7.87. The summed E-state index contributed by atoms with van der Waals surface area (Å²) in [4.78, 5) is 11.1. The van der Waals surface area contributed by atoms with Crippen LogP contribution in [0, 0.1) is 0 Å². The summed E-state index contributed by atoms with van der Waals surface area (Å²) < 4.78 is 65.3. The fourth-order valence-corrected chi connectivity index (χ4v) is 1.34. The molecule has 0 spiro atoms. The number of hydroxylamine groups is 2. The molecule has 0 unspecified atom stereocenters. The Kier molecular flexibility index (Phi) is 3.76. The smallest absolute Gasteiger partial charge is 0.359 e. The van der Waals surface area contributed by atoms with E-state index in [0.29, 0.717) is 6.42 Å². The molecular weight excluding hydrogens is 255 g/mol. The Bertz CT molecular complexity index is 365. The molecule has 0 radical (unpaired) electrons. The van der Waals surface area contributed by atoms with Gasteiger partial charge in [-0.2, -0.15) is 26.7 Å². The van der Waals surface area contributed by atoms with Gasteiger partial charge in [0, 0.05) is 13.0 Å². The summed E-state index contributed by atoms with van der Waals surface area (Å²) in [6, 6.07) is 0. The number of hydrogen-bond donors (Lipinski definition) is 0. The highest BCUT2D eigenvalue weighted by Crippen LogP contribution is 2.26. The first-order valence-electron chi connectivity index (χ1n) is 4.13. The summed E-state index contributed by atoms with van der Waals surface area (Å²) in [5.74, 6) is -0.870. The molecular formula is C6H8F3NO5S. The van der Waals surface area contributed by atoms with E-state index in [0.717, 1.165) is 0 Å². The van der Waals surface area contributed by atoms with Crippen molar-refractivity contribution in [3.05, 3.63) is 0 Å². The van der Waals surface area contributed by atoms with Crippen molar-refractivity contribution in [1.82, 2.24) is 5.06 Å². The molecule has 1 saturated heterocycles. The number of ether oxygens (including phenoxy) is 1. The number of alkyl halides is 3. The van der Waals surface area contributed by atoms with Crippen molar-refractivity contribution in [2.24, 2.45) is 0 Å². The number of halogens is 3. The monoisotopic (exact) mass is 263 g/mol. The fraction of sp³-hybridized carbons (Fsp3) is 0.833. The summed E-state index contributed by atoms with van der Waals surface area (Å²) in [5.41, 5.74) is -5.57. The van der Waals surface area contributed by atoms with Gasteiger partial charge in [-0.15, -0.1) is 4.28 Å². The quantitative estimate of drug-likeness (QED) is 0.673. The second-order valence-corrected chi connectivity index (χ2v) is 4.41. The van der Waals surface area contributed by atoms with E-state index in [4.69, 9.17) is 0 Å². The van der Waals surface area contributed by atoms with Gasteiger partial charge >= 0.3 is 15.6 Å².